The van der Waals surface area contributed by atoms with Crippen molar-refractivity contribution in [3.8, 4) is 0 Å². The number of pyridine rings is 1. The quantitative estimate of drug-likeness (QED) is 0.122. The number of aliphatic carboxylic acids is 1. The van der Waals surface area contributed by atoms with E-state index in [1.807, 2.05) is 6.07 Å². The Morgan fingerprint density at radius 2 is 1.05 bits per heavy atom. The van der Waals surface area contributed by atoms with Crippen LogP contribution in [-0.4, -0.2) is 20.5 Å². The molecule has 0 saturated heterocycles. The second kappa shape index (κ2) is 14.2. The summed E-state index contributed by atoms with van der Waals surface area (Å²) in [6, 6.07) is 38.0. The van der Waals surface area contributed by atoms with Crippen molar-refractivity contribution in [2.75, 3.05) is 4.90 Å². The van der Waals surface area contributed by atoms with Gasteiger partial charge in [0.05, 0.1) is 17.1 Å². The van der Waals surface area contributed by atoms with Gasteiger partial charge in [-0.15, -0.1) is 0 Å². The summed E-state index contributed by atoms with van der Waals surface area (Å²) in [5, 5.41) is 20.2. The van der Waals surface area contributed by atoms with Gasteiger partial charge in [-0.05, 0) is 139 Å². The van der Waals surface area contributed by atoms with E-state index in [4.69, 9.17) is 4.98 Å². The van der Waals surface area contributed by atoms with Gasteiger partial charge in [0.25, 0.3) is 5.56 Å². The van der Waals surface area contributed by atoms with Crippen LogP contribution in [0.25, 0.3) is 71.7 Å². The highest BCUT2D eigenvalue weighted by molar-refractivity contribution is 6.38. The van der Waals surface area contributed by atoms with E-state index >= 15 is 0 Å². The summed E-state index contributed by atoms with van der Waals surface area (Å²) in [4.78, 5) is 34.2. The molecule has 7 aromatic carbocycles. The van der Waals surface area contributed by atoms with Gasteiger partial charge in [-0.3, -0.25) is 14.0 Å². The van der Waals surface area contributed by atoms with Crippen LogP contribution in [0.2, 0.25) is 0 Å². The predicted molar refractivity (Wildman–Crippen MR) is 274 cm³/mol. The lowest BCUT2D eigenvalue weighted by Crippen LogP contribution is -2.25. The van der Waals surface area contributed by atoms with Crippen molar-refractivity contribution in [1.29, 1.82) is 0 Å². The van der Waals surface area contributed by atoms with Crippen molar-refractivity contribution in [2.24, 2.45) is 16.2 Å². The number of carbonyl (C=O) groups is 1. The smallest absolute Gasteiger partial charge is 0.317 e. The van der Waals surface area contributed by atoms with Crippen LogP contribution in [0.3, 0.4) is 0 Å². The van der Waals surface area contributed by atoms with E-state index in [-0.39, 0.29) is 27.2 Å². The van der Waals surface area contributed by atoms with Crippen LogP contribution in [0.5, 0.6) is 0 Å². The number of benzene rings is 7. The summed E-state index contributed by atoms with van der Waals surface area (Å²) < 4.78 is 1.65. The van der Waals surface area contributed by atoms with Gasteiger partial charge in [-0.25, -0.2) is 4.98 Å². The molecule has 1 aliphatic carbocycles. The van der Waals surface area contributed by atoms with Crippen molar-refractivity contribution in [3.05, 3.63) is 148 Å². The molecule has 1 aliphatic rings. The summed E-state index contributed by atoms with van der Waals surface area (Å²) >= 11 is 0. The molecule has 9 aromatic rings. The van der Waals surface area contributed by atoms with Crippen LogP contribution >= 0.6 is 0 Å². The Labute approximate surface area is 381 Å². The van der Waals surface area contributed by atoms with Crippen molar-refractivity contribution in [2.45, 2.75) is 99.8 Å². The minimum Gasteiger partial charge on any atom is -0.480 e. The molecule has 1 atom stereocenters. The Hall–Kier alpha value is -6.53. The van der Waals surface area contributed by atoms with E-state index in [0.29, 0.717) is 22.4 Å². The maximum atomic E-state index is 14.6. The third kappa shape index (κ3) is 6.87. The zero-order valence-electron chi connectivity index (χ0n) is 39.6. The molecule has 6 nitrogen and oxygen atoms in total. The third-order valence-electron chi connectivity index (χ3n) is 14.0. The molecule has 0 saturated carbocycles. The van der Waals surface area contributed by atoms with E-state index in [0.717, 1.165) is 73.0 Å². The molecule has 10 rings (SSSR count). The summed E-state index contributed by atoms with van der Waals surface area (Å²) in [6.07, 6.45) is 8.89. The molecule has 6 heteroatoms. The van der Waals surface area contributed by atoms with E-state index in [1.165, 1.54) is 16.5 Å². The predicted octanol–water partition coefficient (Wildman–Crippen LogP) is 15.4. The lowest BCUT2D eigenvalue weighted by atomic mass is 9.72. The number of hydrogen-bond donors (Lipinski definition) is 1. The molecular formula is C59H59N3O3. The lowest BCUT2D eigenvalue weighted by Gasteiger charge is -2.34. The van der Waals surface area contributed by atoms with Gasteiger partial charge in [-0.1, -0.05) is 142 Å². The van der Waals surface area contributed by atoms with Crippen LogP contribution in [0.1, 0.15) is 112 Å². The number of carboxylic acid groups (broad SMARTS) is 1. The number of carboxylic acids is 1. The molecule has 0 radical (unpaired) electrons. The van der Waals surface area contributed by atoms with Gasteiger partial charge in [0, 0.05) is 32.9 Å². The topological polar surface area (TPSA) is 74.9 Å². The number of anilines is 3. The Balaban J connectivity index is 1.18. The normalized spacial score (nSPS) is 16.2. The van der Waals surface area contributed by atoms with Gasteiger partial charge < -0.3 is 10.0 Å². The first-order chi connectivity index (χ1) is 30.6. The number of nitrogens with zero attached hydrogens (tertiary/aromatic N) is 3. The van der Waals surface area contributed by atoms with Gasteiger partial charge >= 0.3 is 5.97 Å². The van der Waals surface area contributed by atoms with E-state index < -0.39 is 11.4 Å². The number of hydrogen-bond acceptors (Lipinski definition) is 4. The van der Waals surface area contributed by atoms with E-state index in [1.54, 1.807) is 35.6 Å². The van der Waals surface area contributed by atoms with Gasteiger partial charge in [0.1, 0.15) is 11.1 Å². The van der Waals surface area contributed by atoms with Gasteiger partial charge in [0.15, 0.2) is 0 Å². The maximum Gasteiger partial charge on any atom is 0.317 e. The largest absolute Gasteiger partial charge is 0.480 e. The van der Waals surface area contributed by atoms with Crippen LogP contribution in [0, 0.1) is 16.2 Å². The lowest BCUT2D eigenvalue weighted by molar-refractivity contribution is -0.142. The standard InChI is InChI=1S/C59H59N3O3/c1-55(2,3)33-57(7,8)35-15-19-37(20-16-35)61(38-21-17-36(18-22-38)58(9,10)34-56(4,5)6)47-28-27-40-42-23-25-44-51-45(26-24-41(50(42)51)39-13-12-14-43(47)49(39)40)53(63)62-48-30-32-59(11,54(64)65)31-29-46(48)60-52(44)62/h12-32H,33-34H2,1-11H3,(H,64,65). The first-order valence-electron chi connectivity index (χ1n) is 23.0. The fraction of sp³-hybridized carbons (Fsp3) is 0.305. The zero-order chi connectivity index (χ0) is 46.2. The van der Waals surface area contributed by atoms with Crippen molar-refractivity contribution in [3.63, 3.8) is 0 Å². The molecule has 328 valence electrons. The molecule has 0 fully saturated rings. The Bertz CT molecular complexity index is 3410. The molecule has 2 aromatic heterocycles. The van der Waals surface area contributed by atoms with Crippen LogP contribution in [-0.2, 0) is 15.6 Å². The maximum absolute atomic E-state index is 14.6. The number of rotatable bonds is 8. The molecule has 0 aliphatic heterocycles. The Morgan fingerprint density at radius 1 is 0.585 bits per heavy atom. The molecule has 0 bridgehead atoms. The average molecular weight is 858 g/mol. The second-order valence-electron chi connectivity index (χ2n) is 22.7. The fourth-order valence-electron chi connectivity index (χ4n) is 11.7. The molecule has 65 heavy (non-hydrogen) atoms. The molecular weight excluding hydrogens is 799 g/mol. The van der Waals surface area contributed by atoms with Crippen molar-refractivity contribution < 1.29 is 9.90 Å². The molecule has 0 spiro atoms. The van der Waals surface area contributed by atoms with Crippen LogP contribution < -0.4 is 10.5 Å². The van der Waals surface area contributed by atoms with Crippen LogP contribution in [0.4, 0.5) is 17.1 Å². The second-order valence-corrected chi connectivity index (χ2v) is 22.7. The first-order valence-corrected chi connectivity index (χ1v) is 23.0. The number of imidazole rings is 1. The Kier molecular flexibility index (Phi) is 9.29. The third-order valence-corrected chi connectivity index (χ3v) is 14.0. The van der Waals surface area contributed by atoms with Gasteiger partial charge in [-0.2, -0.15) is 0 Å². The van der Waals surface area contributed by atoms with Crippen LogP contribution in [0.15, 0.2) is 120 Å². The van der Waals surface area contributed by atoms with Crippen molar-refractivity contribution in [1.82, 2.24) is 9.38 Å². The zero-order valence-corrected chi connectivity index (χ0v) is 39.6. The number of aromatic nitrogens is 2. The number of fused-ring (bicyclic) bond motifs is 6. The Morgan fingerprint density at radius 3 is 1.60 bits per heavy atom. The van der Waals surface area contributed by atoms with E-state index in [9.17, 15) is 14.7 Å². The SMILES string of the molecule is CC(C)(C)CC(C)(C)c1ccc(N(c2ccc(C(C)(C)CC(C)(C)C)cc2)c2ccc3c4ccc5c6c(ccc(c7cccc2c73)c46)c(=O)n2c3c(nc52)C=CC(C)(C(=O)O)C=C3)cc1. The molecule has 2 heterocycles. The fourth-order valence-corrected chi connectivity index (χ4v) is 11.7. The molecule has 1 N–H and O–H groups in total. The summed E-state index contributed by atoms with van der Waals surface area (Å²) in [6.45, 7) is 25.0. The summed E-state index contributed by atoms with van der Waals surface area (Å²) in [5.74, 6) is -0.963. The molecule has 0 amide bonds. The van der Waals surface area contributed by atoms with Gasteiger partial charge in [0.2, 0.25) is 0 Å². The highest BCUT2D eigenvalue weighted by Gasteiger charge is 2.32. The monoisotopic (exact) mass is 857 g/mol. The minimum atomic E-state index is -1.20. The highest BCUT2D eigenvalue weighted by Crippen LogP contribution is 2.49. The summed E-state index contributed by atoms with van der Waals surface area (Å²) in [7, 11) is 0. The average Bonchev–Trinajstić information content (AvgIpc) is 3.52. The minimum absolute atomic E-state index is 0.0114. The highest BCUT2D eigenvalue weighted by atomic mass is 16.4. The molecule has 1 unspecified atom stereocenters. The van der Waals surface area contributed by atoms with Crippen molar-refractivity contribution >= 4 is 94.7 Å². The summed E-state index contributed by atoms with van der Waals surface area (Å²) in [5.41, 5.74) is 6.73. The van der Waals surface area contributed by atoms with E-state index in [2.05, 4.69) is 171 Å². The first kappa shape index (κ1) is 42.4.